The zero-order valence-corrected chi connectivity index (χ0v) is 15.5. The van der Waals surface area contributed by atoms with Gasteiger partial charge in [0.25, 0.3) is 5.91 Å². The van der Waals surface area contributed by atoms with Crippen molar-refractivity contribution in [3.05, 3.63) is 53.6 Å². The first kappa shape index (κ1) is 19.3. The molecule has 2 rings (SSSR count). The summed E-state index contributed by atoms with van der Waals surface area (Å²) in [5.74, 6) is 0.236. The van der Waals surface area contributed by atoms with Gasteiger partial charge in [-0.2, -0.15) is 0 Å². The Morgan fingerprint density at radius 3 is 2.42 bits per heavy atom. The molecule has 0 aliphatic heterocycles. The van der Waals surface area contributed by atoms with E-state index in [0.29, 0.717) is 17.1 Å². The molecule has 0 bridgehead atoms. The number of para-hydroxylation sites is 2. The van der Waals surface area contributed by atoms with Crippen LogP contribution < -0.4 is 14.8 Å². The first-order valence-electron chi connectivity index (χ1n) is 8.36. The van der Waals surface area contributed by atoms with Gasteiger partial charge in [-0.05, 0) is 30.2 Å². The van der Waals surface area contributed by atoms with E-state index in [0.717, 1.165) is 17.7 Å². The lowest BCUT2D eigenvalue weighted by molar-refractivity contribution is -0.116. The number of anilines is 1. The first-order valence-corrected chi connectivity index (χ1v) is 8.36. The number of likely N-dealkylation sites (N-methyl/N-ethyl adjacent to an activating group) is 1. The Hall–Kier alpha value is -3.02. The Morgan fingerprint density at radius 1 is 1.04 bits per heavy atom. The molecule has 6 heteroatoms. The Labute approximate surface area is 153 Å². The van der Waals surface area contributed by atoms with Crippen LogP contribution in [0.4, 0.5) is 5.69 Å². The summed E-state index contributed by atoms with van der Waals surface area (Å²) in [6.07, 6.45) is 0.812. The summed E-state index contributed by atoms with van der Waals surface area (Å²) in [6, 6.07) is 12.7. The lowest BCUT2D eigenvalue weighted by Gasteiger charge is -2.19. The number of nitrogens with one attached hydrogen (secondary N) is 1. The van der Waals surface area contributed by atoms with Gasteiger partial charge in [0.2, 0.25) is 5.91 Å². The van der Waals surface area contributed by atoms with Gasteiger partial charge in [0.05, 0.1) is 26.3 Å². The number of ether oxygens (including phenoxy) is 2. The van der Waals surface area contributed by atoms with Gasteiger partial charge in [0.1, 0.15) is 0 Å². The van der Waals surface area contributed by atoms with Crippen LogP contribution in [0.15, 0.2) is 42.5 Å². The molecule has 0 heterocycles. The summed E-state index contributed by atoms with van der Waals surface area (Å²) in [5.41, 5.74) is 2.15. The molecule has 0 unspecified atom stereocenters. The average molecular weight is 356 g/mol. The zero-order valence-electron chi connectivity index (χ0n) is 15.5. The molecular weight excluding hydrogens is 332 g/mol. The number of rotatable bonds is 7. The third-order valence-electron chi connectivity index (χ3n) is 4.03. The second kappa shape index (κ2) is 8.89. The van der Waals surface area contributed by atoms with Crippen LogP contribution in [0.5, 0.6) is 11.5 Å². The fraction of sp³-hybridized carbons (Fsp3) is 0.300. The molecule has 0 saturated carbocycles. The van der Waals surface area contributed by atoms with E-state index in [2.05, 4.69) is 5.32 Å². The molecule has 6 nitrogen and oxygen atoms in total. The number of nitrogens with zero attached hydrogens (tertiary/aromatic N) is 1. The maximum absolute atomic E-state index is 12.7. The molecule has 0 aliphatic carbocycles. The van der Waals surface area contributed by atoms with Crippen molar-refractivity contribution in [1.29, 1.82) is 0 Å². The molecule has 0 radical (unpaired) electrons. The van der Waals surface area contributed by atoms with Crippen molar-refractivity contribution in [3.8, 4) is 11.5 Å². The van der Waals surface area contributed by atoms with Crippen LogP contribution in [0, 0.1) is 0 Å². The van der Waals surface area contributed by atoms with Crippen LogP contribution in [-0.4, -0.2) is 44.5 Å². The highest BCUT2D eigenvalue weighted by Crippen LogP contribution is 2.31. The van der Waals surface area contributed by atoms with Gasteiger partial charge in [-0.3, -0.25) is 9.59 Å². The summed E-state index contributed by atoms with van der Waals surface area (Å²) in [6.45, 7) is 1.95. The van der Waals surface area contributed by atoms with E-state index < -0.39 is 0 Å². The van der Waals surface area contributed by atoms with Gasteiger partial charge in [-0.1, -0.05) is 31.2 Å². The van der Waals surface area contributed by atoms with E-state index in [4.69, 9.17) is 9.47 Å². The average Bonchev–Trinajstić information content (AvgIpc) is 2.66. The Balaban J connectivity index is 2.11. The quantitative estimate of drug-likeness (QED) is 0.828. The van der Waals surface area contributed by atoms with Crippen molar-refractivity contribution in [3.63, 3.8) is 0 Å². The smallest absolute Gasteiger partial charge is 0.257 e. The lowest BCUT2D eigenvalue weighted by atomic mass is 10.1. The molecule has 0 spiro atoms. The summed E-state index contributed by atoms with van der Waals surface area (Å²) < 4.78 is 10.5. The van der Waals surface area contributed by atoms with Crippen LogP contribution in [0.3, 0.4) is 0 Å². The van der Waals surface area contributed by atoms with Crippen molar-refractivity contribution in [2.75, 3.05) is 33.1 Å². The van der Waals surface area contributed by atoms with Gasteiger partial charge in [0, 0.05) is 12.7 Å². The highest BCUT2D eigenvalue weighted by atomic mass is 16.5. The highest BCUT2D eigenvalue weighted by molar-refractivity contribution is 6.01. The Kier molecular flexibility index (Phi) is 6.60. The fourth-order valence-electron chi connectivity index (χ4n) is 2.69. The predicted octanol–water partition coefficient (Wildman–Crippen LogP) is 2.98. The Bertz CT molecular complexity index is 789. The van der Waals surface area contributed by atoms with Crippen LogP contribution in [0.1, 0.15) is 22.8 Å². The van der Waals surface area contributed by atoms with E-state index in [1.807, 2.05) is 31.2 Å². The molecule has 2 aromatic rings. The number of benzene rings is 2. The summed E-state index contributed by atoms with van der Waals surface area (Å²) >= 11 is 0. The molecule has 2 amide bonds. The predicted molar refractivity (Wildman–Crippen MR) is 101 cm³/mol. The summed E-state index contributed by atoms with van der Waals surface area (Å²) in [4.78, 5) is 26.4. The first-order chi connectivity index (χ1) is 12.5. The topological polar surface area (TPSA) is 67.9 Å². The van der Waals surface area contributed by atoms with Crippen molar-refractivity contribution in [2.45, 2.75) is 13.3 Å². The minimum Gasteiger partial charge on any atom is -0.493 e. The normalized spacial score (nSPS) is 10.2. The maximum atomic E-state index is 12.7. The maximum Gasteiger partial charge on any atom is 0.257 e. The SMILES string of the molecule is CCc1ccccc1NC(=O)CN(C)C(=O)c1cccc(OC)c1OC. The monoisotopic (exact) mass is 356 g/mol. The van der Waals surface area contributed by atoms with Gasteiger partial charge in [-0.15, -0.1) is 0 Å². The third-order valence-corrected chi connectivity index (χ3v) is 4.03. The molecular formula is C20H24N2O4. The van der Waals surface area contributed by atoms with Crippen LogP contribution in [0.2, 0.25) is 0 Å². The summed E-state index contributed by atoms with van der Waals surface area (Å²) in [5, 5.41) is 2.86. The Morgan fingerprint density at radius 2 is 1.77 bits per heavy atom. The summed E-state index contributed by atoms with van der Waals surface area (Å²) in [7, 11) is 4.56. The molecule has 0 aliphatic rings. The molecule has 0 atom stereocenters. The van der Waals surface area contributed by atoms with E-state index in [1.54, 1.807) is 25.2 Å². The van der Waals surface area contributed by atoms with E-state index in [1.165, 1.54) is 19.1 Å². The van der Waals surface area contributed by atoms with Crippen LogP contribution in [0.25, 0.3) is 0 Å². The minimum absolute atomic E-state index is 0.0722. The van der Waals surface area contributed by atoms with Gasteiger partial charge in [0.15, 0.2) is 11.5 Å². The largest absolute Gasteiger partial charge is 0.493 e. The van der Waals surface area contributed by atoms with Crippen molar-refractivity contribution in [2.24, 2.45) is 0 Å². The number of aryl methyl sites for hydroxylation is 1. The number of hydrogen-bond donors (Lipinski definition) is 1. The molecule has 138 valence electrons. The second-order valence-electron chi connectivity index (χ2n) is 5.76. The van der Waals surface area contributed by atoms with Gasteiger partial charge < -0.3 is 19.7 Å². The van der Waals surface area contributed by atoms with Gasteiger partial charge >= 0.3 is 0 Å². The van der Waals surface area contributed by atoms with Crippen LogP contribution >= 0.6 is 0 Å². The highest BCUT2D eigenvalue weighted by Gasteiger charge is 2.21. The van der Waals surface area contributed by atoms with E-state index >= 15 is 0 Å². The molecule has 2 aromatic carbocycles. The molecule has 1 N–H and O–H groups in total. The standard InChI is InChI=1S/C20H24N2O4/c1-5-14-9-6-7-11-16(14)21-18(23)13-22(2)20(24)15-10-8-12-17(25-3)19(15)26-4/h6-12H,5,13H2,1-4H3,(H,21,23). The van der Waals surface area contributed by atoms with Crippen LogP contribution in [-0.2, 0) is 11.2 Å². The van der Waals surface area contributed by atoms with Crippen molar-refractivity contribution >= 4 is 17.5 Å². The number of carbonyl (C=O) groups is 2. The van der Waals surface area contributed by atoms with Crippen molar-refractivity contribution < 1.29 is 19.1 Å². The number of hydrogen-bond acceptors (Lipinski definition) is 4. The van der Waals surface area contributed by atoms with E-state index in [9.17, 15) is 9.59 Å². The molecule has 0 fully saturated rings. The lowest BCUT2D eigenvalue weighted by Crippen LogP contribution is -2.35. The minimum atomic E-state index is -0.320. The number of amides is 2. The van der Waals surface area contributed by atoms with Gasteiger partial charge in [-0.25, -0.2) is 0 Å². The third kappa shape index (κ3) is 4.33. The molecule has 0 aromatic heterocycles. The number of carbonyl (C=O) groups excluding carboxylic acids is 2. The van der Waals surface area contributed by atoms with E-state index in [-0.39, 0.29) is 18.4 Å². The molecule has 26 heavy (non-hydrogen) atoms. The second-order valence-corrected chi connectivity index (χ2v) is 5.76. The fourth-order valence-corrected chi connectivity index (χ4v) is 2.69. The zero-order chi connectivity index (χ0) is 19.1. The van der Waals surface area contributed by atoms with Crippen molar-refractivity contribution in [1.82, 2.24) is 4.90 Å². The molecule has 0 saturated heterocycles. The number of methoxy groups -OCH3 is 2.